The summed E-state index contributed by atoms with van der Waals surface area (Å²) >= 11 is 0. The predicted molar refractivity (Wildman–Crippen MR) is 58.2 cm³/mol. The lowest BCUT2D eigenvalue weighted by molar-refractivity contribution is -0.138. The Balaban J connectivity index is 2.94. The summed E-state index contributed by atoms with van der Waals surface area (Å²) in [5.41, 5.74) is -0.241. The number of halogens is 3. The summed E-state index contributed by atoms with van der Waals surface area (Å²) in [4.78, 5) is 0. The van der Waals surface area contributed by atoms with Crippen molar-refractivity contribution in [1.29, 1.82) is 0 Å². The van der Waals surface area contributed by atoms with Crippen molar-refractivity contribution in [2.45, 2.75) is 32.5 Å². The first kappa shape index (κ1) is 13.0. The van der Waals surface area contributed by atoms with E-state index in [9.17, 15) is 13.2 Å². The Labute approximate surface area is 93.7 Å². The van der Waals surface area contributed by atoms with Crippen LogP contribution in [0.15, 0.2) is 24.3 Å². The van der Waals surface area contributed by atoms with Crippen LogP contribution >= 0.6 is 0 Å². The molecule has 0 aromatic heterocycles. The van der Waals surface area contributed by atoms with Gasteiger partial charge < -0.3 is 5.32 Å². The van der Waals surface area contributed by atoms with E-state index in [0.29, 0.717) is 12.1 Å². The van der Waals surface area contributed by atoms with Gasteiger partial charge in [0.25, 0.3) is 0 Å². The van der Waals surface area contributed by atoms with E-state index in [1.807, 2.05) is 6.92 Å². The van der Waals surface area contributed by atoms with Crippen LogP contribution in [0.25, 0.3) is 0 Å². The minimum absolute atomic E-state index is 0.280. The summed E-state index contributed by atoms with van der Waals surface area (Å²) in [6.07, 6.45) is -3.38. The monoisotopic (exact) mass is 231 g/mol. The Kier molecular flexibility index (Phi) is 4.35. The van der Waals surface area contributed by atoms with Crippen molar-refractivity contribution in [3.8, 4) is 0 Å². The van der Waals surface area contributed by atoms with E-state index in [1.54, 1.807) is 13.0 Å². The van der Waals surface area contributed by atoms with Gasteiger partial charge in [-0.15, -0.1) is 0 Å². The van der Waals surface area contributed by atoms with Crippen molar-refractivity contribution >= 4 is 0 Å². The van der Waals surface area contributed by atoms with Gasteiger partial charge in [-0.2, -0.15) is 13.2 Å². The molecule has 4 heteroatoms. The molecule has 0 saturated heterocycles. The molecule has 1 rings (SSSR count). The number of alkyl halides is 3. The van der Waals surface area contributed by atoms with E-state index in [1.165, 1.54) is 12.1 Å². The minimum atomic E-state index is -4.28. The number of hydrogen-bond acceptors (Lipinski definition) is 1. The highest BCUT2D eigenvalue weighted by Crippen LogP contribution is 2.34. The van der Waals surface area contributed by atoms with Crippen LogP contribution in [-0.4, -0.2) is 6.54 Å². The Morgan fingerprint density at radius 1 is 1.25 bits per heavy atom. The lowest BCUT2D eigenvalue weighted by atomic mass is 10.0. The number of hydrogen-bond donors (Lipinski definition) is 1. The second-order valence-electron chi connectivity index (χ2n) is 3.76. The molecule has 0 amide bonds. The molecule has 0 radical (unpaired) electrons. The minimum Gasteiger partial charge on any atom is -0.310 e. The van der Waals surface area contributed by atoms with E-state index >= 15 is 0 Å². The van der Waals surface area contributed by atoms with Crippen molar-refractivity contribution in [2.24, 2.45) is 0 Å². The first-order valence-corrected chi connectivity index (χ1v) is 5.36. The zero-order chi connectivity index (χ0) is 12.2. The molecule has 0 bridgehead atoms. The van der Waals surface area contributed by atoms with Crippen LogP contribution in [0.2, 0.25) is 0 Å². The number of benzene rings is 1. The topological polar surface area (TPSA) is 12.0 Å². The Morgan fingerprint density at radius 3 is 2.44 bits per heavy atom. The van der Waals surface area contributed by atoms with Gasteiger partial charge in [-0.25, -0.2) is 0 Å². The van der Waals surface area contributed by atoms with Gasteiger partial charge in [-0.3, -0.25) is 0 Å². The van der Waals surface area contributed by atoms with E-state index in [-0.39, 0.29) is 6.04 Å². The van der Waals surface area contributed by atoms with Crippen LogP contribution in [0.3, 0.4) is 0 Å². The maximum Gasteiger partial charge on any atom is 0.416 e. The highest BCUT2D eigenvalue weighted by atomic mass is 19.4. The van der Waals surface area contributed by atoms with Crippen molar-refractivity contribution in [2.75, 3.05) is 6.54 Å². The van der Waals surface area contributed by atoms with Crippen molar-refractivity contribution < 1.29 is 13.2 Å². The molecule has 90 valence electrons. The van der Waals surface area contributed by atoms with Gasteiger partial charge in [0, 0.05) is 6.04 Å². The Morgan fingerprint density at radius 2 is 1.88 bits per heavy atom. The predicted octanol–water partition coefficient (Wildman–Crippen LogP) is 3.77. The summed E-state index contributed by atoms with van der Waals surface area (Å²) in [6, 6.07) is 5.42. The van der Waals surface area contributed by atoms with Gasteiger partial charge in [0.2, 0.25) is 0 Å². The third-order valence-electron chi connectivity index (χ3n) is 2.43. The van der Waals surface area contributed by atoms with Crippen LogP contribution in [0.4, 0.5) is 13.2 Å². The first-order chi connectivity index (χ1) is 7.46. The van der Waals surface area contributed by atoms with Gasteiger partial charge in [-0.05, 0) is 31.5 Å². The molecule has 1 aromatic carbocycles. The van der Waals surface area contributed by atoms with Gasteiger partial charge in [-0.1, -0.05) is 25.1 Å². The molecular formula is C12H16F3N. The van der Waals surface area contributed by atoms with Crippen LogP contribution in [0, 0.1) is 0 Å². The van der Waals surface area contributed by atoms with Crippen LogP contribution in [0.1, 0.15) is 37.4 Å². The highest BCUT2D eigenvalue weighted by molar-refractivity contribution is 5.31. The molecule has 1 unspecified atom stereocenters. The van der Waals surface area contributed by atoms with Gasteiger partial charge in [0.05, 0.1) is 5.56 Å². The van der Waals surface area contributed by atoms with Crippen LogP contribution < -0.4 is 5.32 Å². The second kappa shape index (κ2) is 5.34. The van der Waals surface area contributed by atoms with Gasteiger partial charge >= 0.3 is 6.18 Å². The van der Waals surface area contributed by atoms with Crippen molar-refractivity contribution in [3.05, 3.63) is 35.4 Å². The summed E-state index contributed by atoms with van der Waals surface area (Å²) in [5.74, 6) is 0. The zero-order valence-corrected chi connectivity index (χ0v) is 9.43. The van der Waals surface area contributed by atoms with Crippen molar-refractivity contribution in [3.63, 3.8) is 0 Å². The molecule has 0 fully saturated rings. The molecule has 0 aliphatic heterocycles. The quantitative estimate of drug-likeness (QED) is 0.831. The van der Waals surface area contributed by atoms with E-state index in [4.69, 9.17) is 0 Å². The molecule has 16 heavy (non-hydrogen) atoms. The van der Waals surface area contributed by atoms with Gasteiger partial charge in [0.1, 0.15) is 0 Å². The largest absolute Gasteiger partial charge is 0.416 e. The standard InChI is InChI=1S/C12H16F3N/c1-3-8-16-9(2)10-6-4-5-7-11(10)12(13,14)15/h4-7,9,16H,3,8H2,1-2H3. The molecule has 0 heterocycles. The summed E-state index contributed by atoms with van der Waals surface area (Å²) < 4.78 is 38.1. The maximum atomic E-state index is 12.7. The summed E-state index contributed by atoms with van der Waals surface area (Å²) in [6.45, 7) is 4.45. The van der Waals surface area contributed by atoms with Gasteiger partial charge in [0.15, 0.2) is 0 Å². The molecule has 0 saturated carbocycles. The molecule has 1 aromatic rings. The highest BCUT2D eigenvalue weighted by Gasteiger charge is 2.33. The fourth-order valence-corrected chi connectivity index (χ4v) is 1.60. The van der Waals surface area contributed by atoms with E-state index in [2.05, 4.69) is 5.32 Å². The number of nitrogens with one attached hydrogen (secondary N) is 1. The average Bonchev–Trinajstić information content (AvgIpc) is 2.24. The lowest BCUT2D eigenvalue weighted by Gasteiger charge is -2.19. The Hall–Kier alpha value is -1.03. The van der Waals surface area contributed by atoms with Crippen LogP contribution in [0.5, 0.6) is 0 Å². The molecule has 1 atom stereocenters. The molecule has 0 spiro atoms. The first-order valence-electron chi connectivity index (χ1n) is 5.36. The zero-order valence-electron chi connectivity index (χ0n) is 9.43. The lowest BCUT2D eigenvalue weighted by Crippen LogP contribution is -2.22. The van der Waals surface area contributed by atoms with E-state index < -0.39 is 11.7 Å². The SMILES string of the molecule is CCCNC(C)c1ccccc1C(F)(F)F. The molecular weight excluding hydrogens is 215 g/mol. The summed E-state index contributed by atoms with van der Waals surface area (Å²) in [7, 11) is 0. The average molecular weight is 231 g/mol. The smallest absolute Gasteiger partial charge is 0.310 e. The third-order valence-corrected chi connectivity index (χ3v) is 2.43. The second-order valence-corrected chi connectivity index (χ2v) is 3.76. The van der Waals surface area contributed by atoms with Crippen molar-refractivity contribution in [1.82, 2.24) is 5.32 Å². The fraction of sp³-hybridized carbons (Fsp3) is 0.500. The molecule has 1 nitrogen and oxygen atoms in total. The molecule has 1 N–H and O–H groups in total. The molecule has 0 aliphatic carbocycles. The summed E-state index contributed by atoms with van der Waals surface area (Å²) in [5, 5.41) is 3.06. The van der Waals surface area contributed by atoms with E-state index in [0.717, 1.165) is 12.5 Å². The maximum absolute atomic E-state index is 12.7. The molecule has 0 aliphatic rings. The normalized spacial score (nSPS) is 13.8. The number of rotatable bonds is 4. The third kappa shape index (κ3) is 3.23. The van der Waals surface area contributed by atoms with Crippen LogP contribution in [-0.2, 0) is 6.18 Å². The Bertz CT molecular complexity index is 333. The fourth-order valence-electron chi connectivity index (χ4n) is 1.60.